The van der Waals surface area contributed by atoms with Crippen LogP contribution in [0, 0.1) is 0 Å². The van der Waals surface area contributed by atoms with Gasteiger partial charge in [-0.15, -0.1) is 0 Å². The number of hydrogen-bond donors (Lipinski definition) is 1. The molecule has 3 aromatic rings. The third-order valence-corrected chi connectivity index (χ3v) is 3.99. The van der Waals surface area contributed by atoms with Crippen LogP contribution in [0.5, 0.6) is 0 Å². The number of aromatic carboxylic acids is 1. The van der Waals surface area contributed by atoms with Crippen LogP contribution in [0.2, 0.25) is 0 Å². The normalized spacial score (nSPS) is 11.0. The molecule has 0 fully saturated rings. The molecule has 0 amide bonds. The first-order chi connectivity index (χ1) is 11.5. The molecule has 0 radical (unpaired) electrons. The van der Waals surface area contributed by atoms with Gasteiger partial charge in [-0.05, 0) is 41.8 Å². The molecule has 0 aliphatic rings. The van der Waals surface area contributed by atoms with Gasteiger partial charge in [0.1, 0.15) is 0 Å². The van der Waals surface area contributed by atoms with Gasteiger partial charge in [0.05, 0.1) is 16.9 Å². The lowest BCUT2D eigenvalue weighted by atomic mass is 10.0. The zero-order valence-corrected chi connectivity index (χ0v) is 13.5. The molecule has 5 nitrogen and oxygen atoms in total. The molecule has 5 heteroatoms. The second-order valence-electron chi connectivity index (χ2n) is 5.92. The second-order valence-corrected chi connectivity index (χ2v) is 5.92. The van der Waals surface area contributed by atoms with Crippen molar-refractivity contribution >= 4 is 5.97 Å². The highest BCUT2D eigenvalue weighted by molar-refractivity contribution is 5.88. The van der Waals surface area contributed by atoms with Crippen molar-refractivity contribution in [3.8, 4) is 11.4 Å². The molecule has 0 aliphatic heterocycles. The van der Waals surface area contributed by atoms with Gasteiger partial charge in [-0.2, -0.15) is 0 Å². The van der Waals surface area contributed by atoms with Crippen LogP contribution in [0.25, 0.3) is 11.4 Å². The molecule has 0 atom stereocenters. The number of aromatic nitrogens is 2. The largest absolute Gasteiger partial charge is 0.478 e. The Morgan fingerprint density at radius 1 is 0.958 bits per heavy atom. The van der Waals surface area contributed by atoms with Crippen molar-refractivity contribution in [3.63, 3.8) is 0 Å². The minimum atomic E-state index is -1.02. The van der Waals surface area contributed by atoms with Gasteiger partial charge in [-0.3, -0.25) is 9.13 Å². The average Bonchev–Trinajstić information content (AvgIpc) is 2.96. The summed E-state index contributed by atoms with van der Waals surface area (Å²) in [7, 11) is 0. The van der Waals surface area contributed by atoms with Crippen molar-refractivity contribution in [2.75, 3.05) is 0 Å². The van der Waals surface area contributed by atoms with Gasteiger partial charge in [-0.25, -0.2) is 9.59 Å². The lowest BCUT2D eigenvalue weighted by molar-refractivity contribution is 0.0697. The number of carboxylic acid groups (broad SMARTS) is 1. The summed E-state index contributed by atoms with van der Waals surface area (Å²) in [4.78, 5) is 23.7. The maximum Gasteiger partial charge on any atom is 0.337 e. The first kappa shape index (κ1) is 15.8. The Morgan fingerprint density at radius 2 is 1.58 bits per heavy atom. The Hall–Kier alpha value is -3.08. The van der Waals surface area contributed by atoms with Crippen molar-refractivity contribution in [3.05, 3.63) is 82.5 Å². The van der Waals surface area contributed by atoms with Crippen molar-refractivity contribution in [1.82, 2.24) is 9.13 Å². The van der Waals surface area contributed by atoms with E-state index >= 15 is 0 Å². The van der Waals surface area contributed by atoms with Crippen molar-refractivity contribution in [2.45, 2.75) is 19.8 Å². The number of rotatable bonds is 4. The summed E-state index contributed by atoms with van der Waals surface area (Å²) in [6.07, 6.45) is 3.32. The number of benzene rings is 2. The smallest absolute Gasteiger partial charge is 0.337 e. The molecular formula is C19H18N2O3. The van der Waals surface area contributed by atoms with E-state index in [0.717, 1.165) is 5.69 Å². The molecule has 0 saturated heterocycles. The predicted octanol–water partition coefficient (Wildman–Crippen LogP) is 3.45. The monoisotopic (exact) mass is 322 g/mol. The van der Waals surface area contributed by atoms with Gasteiger partial charge in [0, 0.05) is 12.4 Å². The summed E-state index contributed by atoms with van der Waals surface area (Å²) in [5, 5.41) is 9.09. The van der Waals surface area contributed by atoms with Crippen molar-refractivity contribution in [2.24, 2.45) is 0 Å². The van der Waals surface area contributed by atoms with Gasteiger partial charge in [0.25, 0.3) is 0 Å². The number of carboxylic acids is 1. The van der Waals surface area contributed by atoms with Gasteiger partial charge < -0.3 is 5.11 Å². The Labute approximate surface area is 139 Å². The molecule has 3 rings (SSSR count). The number of hydrogen-bond acceptors (Lipinski definition) is 2. The van der Waals surface area contributed by atoms with E-state index in [4.69, 9.17) is 5.11 Å². The fourth-order valence-corrected chi connectivity index (χ4v) is 2.58. The van der Waals surface area contributed by atoms with E-state index in [-0.39, 0.29) is 11.3 Å². The third kappa shape index (κ3) is 2.88. The van der Waals surface area contributed by atoms with E-state index in [2.05, 4.69) is 13.8 Å². The van der Waals surface area contributed by atoms with E-state index < -0.39 is 5.97 Å². The molecule has 0 aliphatic carbocycles. The van der Waals surface area contributed by atoms with Crippen LogP contribution in [0.1, 0.15) is 35.7 Å². The zero-order chi connectivity index (χ0) is 17.3. The molecule has 0 spiro atoms. The molecule has 1 heterocycles. The lowest BCUT2D eigenvalue weighted by Gasteiger charge is -2.07. The number of carbonyl (C=O) groups is 1. The molecule has 2 aromatic carbocycles. The Kier molecular flexibility index (Phi) is 4.08. The van der Waals surface area contributed by atoms with Gasteiger partial charge >= 0.3 is 11.7 Å². The summed E-state index contributed by atoms with van der Waals surface area (Å²) >= 11 is 0. The van der Waals surface area contributed by atoms with Crippen molar-refractivity contribution in [1.29, 1.82) is 0 Å². The van der Waals surface area contributed by atoms with E-state index in [0.29, 0.717) is 11.6 Å². The third-order valence-electron chi connectivity index (χ3n) is 3.99. The molecule has 1 aromatic heterocycles. The predicted molar refractivity (Wildman–Crippen MR) is 92.4 cm³/mol. The van der Waals surface area contributed by atoms with Crippen LogP contribution in [0.15, 0.2) is 65.7 Å². The highest BCUT2D eigenvalue weighted by Crippen LogP contribution is 2.16. The standard InChI is InChI=1S/C19H18N2O3/c1-13(2)14-6-8-16(9-7-14)20-10-11-21(19(20)24)17-5-3-4-15(12-17)18(22)23/h3-13H,1-2H3,(H,22,23). The van der Waals surface area contributed by atoms with E-state index in [1.54, 1.807) is 24.5 Å². The molecule has 1 N–H and O–H groups in total. The number of imidazole rings is 1. The second kappa shape index (κ2) is 6.20. The lowest BCUT2D eigenvalue weighted by Crippen LogP contribution is -2.21. The molecule has 0 saturated carbocycles. The van der Waals surface area contributed by atoms with Crippen LogP contribution in [-0.4, -0.2) is 20.2 Å². The summed E-state index contributed by atoms with van der Waals surface area (Å²) in [5.41, 5.74) is 2.42. The van der Waals surface area contributed by atoms with Gasteiger partial charge in [-0.1, -0.05) is 32.0 Å². The minimum Gasteiger partial charge on any atom is -0.478 e. The quantitative estimate of drug-likeness (QED) is 0.800. The minimum absolute atomic E-state index is 0.147. The van der Waals surface area contributed by atoms with Gasteiger partial charge in [0.2, 0.25) is 0 Å². The first-order valence-electron chi connectivity index (χ1n) is 7.71. The first-order valence-corrected chi connectivity index (χ1v) is 7.71. The van der Waals surface area contributed by atoms with E-state index in [9.17, 15) is 9.59 Å². The van der Waals surface area contributed by atoms with E-state index in [1.807, 2.05) is 24.3 Å². The van der Waals surface area contributed by atoms with Crippen LogP contribution in [0.4, 0.5) is 0 Å². The highest BCUT2D eigenvalue weighted by Gasteiger charge is 2.10. The highest BCUT2D eigenvalue weighted by atomic mass is 16.4. The Bertz CT molecular complexity index is 934. The summed E-state index contributed by atoms with van der Waals surface area (Å²) in [6, 6.07) is 14.2. The van der Waals surface area contributed by atoms with Crippen LogP contribution in [-0.2, 0) is 0 Å². The Morgan fingerprint density at radius 3 is 2.17 bits per heavy atom. The average molecular weight is 322 g/mol. The molecule has 0 unspecified atom stereocenters. The summed E-state index contributed by atoms with van der Waals surface area (Å²) in [5.74, 6) is -0.590. The summed E-state index contributed by atoms with van der Waals surface area (Å²) < 4.78 is 2.97. The molecule has 122 valence electrons. The molecule has 0 bridgehead atoms. The maximum atomic E-state index is 12.6. The van der Waals surface area contributed by atoms with Crippen LogP contribution >= 0.6 is 0 Å². The summed E-state index contributed by atoms with van der Waals surface area (Å²) in [6.45, 7) is 4.24. The zero-order valence-electron chi connectivity index (χ0n) is 13.5. The molecular weight excluding hydrogens is 304 g/mol. The Balaban J connectivity index is 2.01. The van der Waals surface area contributed by atoms with Crippen LogP contribution < -0.4 is 5.69 Å². The SMILES string of the molecule is CC(C)c1ccc(-n2ccn(-c3cccc(C(=O)O)c3)c2=O)cc1. The molecule has 24 heavy (non-hydrogen) atoms. The maximum absolute atomic E-state index is 12.6. The topological polar surface area (TPSA) is 64.2 Å². The van der Waals surface area contributed by atoms with E-state index in [1.165, 1.54) is 26.8 Å². The fraction of sp³-hybridized carbons (Fsp3) is 0.158. The number of nitrogens with zero attached hydrogens (tertiary/aromatic N) is 2. The fourth-order valence-electron chi connectivity index (χ4n) is 2.58. The van der Waals surface area contributed by atoms with Crippen molar-refractivity contribution < 1.29 is 9.90 Å². The van der Waals surface area contributed by atoms with Gasteiger partial charge in [0.15, 0.2) is 0 Å². The van der Waals surface area contributed by atoms with Crippen LogP contribution in [0.3, 0.4) is 0 Å².